The van der Waals surface area contributed by atoms with Crippen molar-refractivity contribution in [3.8, 4) is 0 Å². The van der Waals surface area contributed by atoms with Gasteiger partial charge in [-0.3, -0.25) is 9.82 Å². The SMILES string of the molecule is CNCc1cc(S(=O)(=O)Nc2cn[nH]c2)c(C)s1. The smallest absolute Gasteiger partial charge is 0.263 e. The molecule has 0 unspecified atom stereocenters. The van der Waals surface area contributed by atoms with E-state index in [0.29, 0.717) is 17.1 Å². The van der Waals surface area contributed by atoms with Gasteiger partial charge in [-0.25, -0.2) is 8.42 Å². The van der Waals surface area contributed by atoms with Crippen molar-refractivity contribution < 1.29 is 8.42 Å². The molecule has 0 aliphatic rings. The molecule has 0 fully saturated rings. The van der Waals surface area contributed by atoms with Crippen LogP contribution in [0.4, 0.5) is 5.69 Å². The minimum absolute atomic E-state index is 0.318. The Morgan fingerprint density at radius 2 is 2.28 bits per heavy atom. The summed E-state index contributed by atoms with van der Waals surface area (Å²) in [6, 6.07) is 1.69. The minimum atomic E-state index is -3.54. The van der Waals surface area contributed by atoms with Gasteiger partial charge in [0.2, 0.25) is 0 Å². The van der Waals surface area contributed by atoms with E-state index in [-0.39, 0.29) is 0 Å². The maximum atomic E-state index is 12.2. The Morgan fingerprint density at radius 3 is 2.89 bits per heavy atom. The molecule has 0 amide bonds. The number of nitrogens with one attached hydrogen (secondary N) is 3. The highest BCUT2D eigenvalue weighted by Crippen LogP contribution is 2.27. The standard InChI is InChI=1S/C10H14N4O2S2/c1-7-10(3-9(17-7)6-11-2)18(15,16)14-8-4-12-13-5-8/h3-5,11,14H,6H2,1-2H3,(H,12,13). The zero-order valence-corrected chi connectivity index (χ0v) is 11.7. The van der Waals surface area contributed by atoms with Crippen LogP contribution >= 0.6 is 11.3 Å². The molecule has 0 aliphatic carbocycles. The second-order valence-electron chi connectivity index (χ2n) is 3.76. The Labute approximate surface area is 109 Å². The number of hydrogen-bond donors (Lipinski definition) is 3. The zero-order valence-electron chi connectivity index (χ0n) is 10.0. The minimum Gasteiger partial charge on any atom is -0.315 e. The van der Waals surface area contributed by atoms with Gasteiger partial charge in [0.1, 0.15) is 4.90 Å². The lowest BCUT2D eigenvalue weighted by atomic mass is 10.4. The Morgan fingerprint density at radius 1 is 1.50 bits per heavy atom. The molecule has 0 saturated heterocycles. The van der Waals surface area contributed by atoms with Gasteiger partial charge >= 0.3 is 0 Å². The normalized spacial score (nSPS) is 11.7. The topological polar surface area (TPSA) is 86.9 Å². The van der Waals surface area contributed by atoms with Gasteiger partial charge in [-0.05, 0) is 20.0 Å². The number of rotatable bonds is 5. The monoisotopic (exact) mass is 286 g/mol. The van der Waals surface area contributed by atoms with Crippen LogP contribution in [-0.4, -0.2) is 25.7 Å². The highest BCUT2D eigenvalue weighted by atomic mass is 32.2. The molecule has 0 atom stereocenters. The van der Waals surface area contributed by atoms with Gasteiger partial charge < -0.3 is 5.32 Å². The van der Waals surface area contributed by atoms with Gasteiger partial charge in [-0.15, -0.1) is 11.3 Å². The summed E-state index contributed by atoms with van der Waals surface area (Å²) in [5.74, 6) is 0. The Bertz CT molecular complexity index is 616. The van der Waals surface area contributed by atoms with Gasteiger partial charge in [0.15, 0.2) is 0 Å². The van der Waals surface area contributed by atoms with Gasteiger partial charge in [-0.2, -0.15) is 5.10 Å². The molecule has 6 nitrogen and oxygen atoms in total. The number of thiophene rings is 1. The summed E-state index contributed by atoms with van der Waals surface area (Å²) in [6.45, 7) is 2.46. The van der Waals surface area contributed by atoms with Crippen LogP contribution in [0.3, 0.4) is 0 Å². The highest BCUT2D eigenvalue weighted by molar-refractivity contribution is 7.93. The number of aromatic amines is 1. The van der Waals surface area contributed by atoms with E-state index >= 15 is 0 Å². The van der Waals surface area contributed by atoms with Crippen molar-refractivity contribution in [1.82, 2.24) is 15.5 Å². The fraction of sp³-hybridized carbons (Fsp3) is 0.300. The third kappa shape index (κ3) is 2.71. The molecular formula is C10H14N4O2S2. The molecule has 2 aromatic heterocycles. The van der Waals surface area contributed by atoms with E-state index in [9.17, 15) is 8.42 Å². The van der Waals surface area contributed by atoms with E-state index < -0.39 is 10.0 Å². The van der Waals surface area contributed by atoms with Crippen molar-refractivity contribution in [2.75, 3.05) is 11.8 Å². The molecule has 3 N–H and O–H groups in total. The van der Waals surface area contributed by atoms with Gasteiger partial charge in [0, 0.05) is 22.5 Å². The number of sulfonamides is 1. The number of hydrogen-bond acceptors (Lipinski definition) is 5. The van der Waals surface area contributed by atoms with Crippen LogP contribution in [0.1, 0.15) is 9.75 Å². The average molecular weight is 286 g/mol. The second-order valence-corrected chi connectivity index (χ2v) is 6.75. The van der Waals surface area contributed by atoms with Crippen LogP contribution in [0.5, 0.6) is 0 Å². The second kappa shape index (κ2) is 5.09. The Kier molecular flexibility index (Phi) is 3.69. The summed E-state index contributed by atoms with van der Waals surface area (Å²) in [7, 11) is -1.71. The molecule has 0 radical (unpaired) electrons. The van der Waals surface area contributed by atoms with Gasteiger partial charge in [0.25, 0.3) is 10.0 Å². The number of aromatic nitrogens is 2. The van der Waals surface area contributed by atoms with Crippen LogP contribution in [0, 0.1) is 6.92 Å². The summed E-state index contributed by atoms with van der Waals surface area (Å²) < 4.78 is 26.8. The zero-order chi connectivity index (χ0) is 13.2. The van der Waals surface area contributed by atoms with Gasteiger partial charge in [0.05, 0.1) is 11.9 Å². The van der Waals surface area contributed by atoms with E-state index in [1.54, 1.807) is 13.0 Å². The molecule has 2 heterocycles. The van der Waals surface area contributed by atoms with Crippen molar-refractivity contribution >= 4 is 27.0 Å². The largest absolute Gasteiger partial charge is 0.315 e. The Hall–Kier alpha value is -1.38. The predicted octanol–water partition coefficient (Wildman–Crippen LogP) is 1.30. The van der Waals surface area contributed by atoms with Crippen LogP contribution in [-0.2, 0) is 16.6 Å². The molecular weight excluding hydrogens is 272 g/mol. The highest BCUT2D eigenvalue weighted by Gasteiger charge is 2.20. The number of anilines is 1. The summed E-state index contributed by atoms with van der Waals surface area (Å²) in [5, 5.41) is 9.26. The first-order valence-electron chi connectivity index (χ1n) is 5.28. The first-order valence-corrected chi connectivity index (χ1v) is 7.58. The maximum Gasteiger partial charge on any atom is 0.263 e. The van der Waals surface area contributed by atoms with Crippen molar-refractivity contribution in [2.45, 2.75) is 18.4 Å². The predicted molar refractivity (Wildman–Crippen MR) is 71.2 cm³/mol. The molecule has 98 valence electrons. The average Bonchev–Trinajstić information content (AvgIpc) is 2.88. The molecule has 0 aliphatic heterocycles. The third-order valence-corrected chi connectivity index (χ3v) is 5.00. The van der Waals surface area contributed by atoms with E-state index in [0.717, 1.165) is 9.75 Å². The molecule has 0 aromatic carbocycles. The lowest BCUT2D eigenvalue weighted by Crippen LogP contribution is -2.12. The first-order chi connectivity index (χ1) is 8.53. The summed E-state index contributed by atoms with van der Waals surface area (Å²) >= 11 is 1.47. The number of H-pyrrole nitrogens is 1. The van der Waals surface area contributed by atoms with Crippen LogP contribution < -0.4 is 10.0 Å². The molecule has 0 bridgehead atoms. The van der Waals surface area contributed by atoms with E-state index in [1.807, 2.05) is 7.05 Å². The first kappa shape index (κ1) is 13.1. The van der Waals surface area contributed by atoms with Crippen molar-refractivity contribution in [3.63, 3.8) is 0 Å². The van der Waals surface area contributed by atoms with Crippen LogP contribution in [0.25, 0.3) is 0 Å². The van der Waals surface area contributed by atoms with Crippen molar-refractivity contribution in [2.24, 2.45) is 0 Å². The molecule has 0 saturated carbocycles. The number of aryl methyl sites for hydroxylation is 1. The lowest BCUT2D eigenvalue weighted by Gasteiger charge is -2.04. The lowest BCUT2D eigenvalue weighted by molar-refractivity contribution is 0.601. The van der Waals surface area contributed by atoms with E-state index in [1.165, 1.54) is 23.7 Å². The summed E-state index contributed by atoms with van der Waals surface area (Å²) in [6.07, 6.45) is 2.92. The fourth-order valence-electron chi connectivity index (χ4n) is 1.57. The van der Waals surface area contributed by atoms with E-state index in [4.69, 9.17) is 0 Å². The molecule has 2 rings (SSSR count). The fourth-order valence-corrected chi connectivity index (χ4v) is 4.25. The quantitative estimate of drug-likeness (QED) is 0.773. The summed E-state index contributed by atoms with van der Waals surface area (Å²) in [4.78, 5) is 2.08. The van der Waals surface area contributed by atoms with Crippen LogP contribution in [0.15, 0.2) is 23.4 Å². The van der Waals surface area contributed by atoms with Crippen molar-refractivity contribution in [1.29, 1.82) is 0 Å². The summed E-state index contributed by atoms with van der Waals surface area (Å²) in [5.41, 5.74) is 0.427. The molecule has 2 aromatic rings. The molecule has 18 heavy (non-hydrogen) atoms. The third-order valence-electron chi connectivity index (χ3n) is 2.31. The Balaban J connectivity index is 2.29. The molecule has 0 spiro atoms. The van der Waals surface area contributed by atoms with Gasteiger partial charge in [-0.1, -0.05) is 0 Å². The van der Waals surface area contributed by atoms with Crippen LogP contribution in [0.2, 0.25) is 0 Å². The van der Waals surface area contributed by atoms with Crippen molar-refractivity contribution in [3.05, 3.63) is 28.2 Å². The van der Waals surface area contributed by atoms with E-state index in [2.05, 4.69) is 20.2 Å². The molecule has 8 heteroatoms. The maximum absolute atomic E-state index is 12.2. The number of nitrogens with zero attached hydrogens (tertiary/aromatic N) is 1.